The molecule has 2 nitrogen and oxygen atoms in total. The monoisotopic (exact) mass is 336 g/mol. The van der Waals surface area contributed by atoms with Gasteiger partial charge in [-0.3, -0.25) is 0 Å². The maximum absolute atomic E-state index is 5.90. The molecule has 134 valence electrons. The van der Waals surface area contributed by atoms with E-state index < -0.39 is 0 Å². The zero-order valence-electron chi connectivity index (χ0n) is 15.5. The Morgan fingerprint density at radius 2 is 1.48 bits per heavy atom. The van der Waals surface area contributed by atoms with E-state index in [1.165, 1.54) is 61.6 Å². The van der Waals surface area contributed by atoms with Crippen molar-refractivity contribution >= 4 is 11.4 Å². The van der Waals surface area contributed by atoms with E-state index in [4.69, 9.17) is 11.5 Å². The zero-order chi connectivity index (χ0) is 17.6. The number of hydrogen-bond donors (Lipinski definition) is 2. The van der Waals surface area contributed by atoms with Crippen LogP contribution in [0.2, 0.25) is 0 Å². The van der Waals surface area contributed by atoms with Crippen LogP contribution >= 0.6 is 0 Å². The lowest BCUT2D eigenvalue weighted by molar-refractivity contribution is 0.304. The molecule has 0 atom stereocenters. The van der Waals surface area contributed by atoms with Crippen molar-refractivity contribution in [3.8, 4) is 0 Å². The van der Waals surface area contributed by atoms with Gasteiger partial charge in [-0.1, -0.05) is 50.5 Å². The Hall–Kier alpha value is -1.96. The third-order valence-corrected chi connectivity index (χ3v) is 5.71. The molecule has 25 heavy (non-hydrogen) atoms. The van der Waals surface area contributed by atoms with Crippen molar-refractivity contribution in [3.63, 3.8) is 0 Å². The maximum atomic E-state index is 5.90. The molecule has 0 heterocycles. The van der Waals surface area contributed by atoms with Crippen LogP contribution in [-0.4, -0.2) is 0 Å². The Bertz CT molecular complexity index is 647. The van der Waals surface area contributed by atoms with Gasteiger partial charge in [-0.2, -0.15) is 0 Å². The summed E-state index contributed by atoms with van der Waals surface area (Å²) in [6.07, 6.45) is 10.6. The topological polar surface area (TPSA) is 52.0 Å². The highest BCUT2D eigenvalue weighted by molar-refractivity contribution is 5.55. The molecule has 1 aliphatic rings. The lowest BCUT2D eigenvalue weighted by Gasteiger charge is -2.29. The normalized spacial score (nSPS) is 20.5. The molecule has 0 aromatic heterocycles. The quantitative estimate of drug-likeness (QED) is 0.645. The SMILES string of the molecule is CCCCC1CCC(c2ccc(Cc3cc(N)cc(N)c3)cc2)CC1. The van der Waals surface area contributed by atoms with E-state index in [-0.39, 0.29) is 0 Å². The lowest BCUT2D eigenvalue weighted by atomic mass is 9.77. The summed E-state index contributed by atoms with van der Waals surface area (Å²) in [5, 5.41) is 0. The molecule has 2 heteroatoms. The molecule has 3 rings (SSSR count). The van der Waals surface area contributed by atoms with Gasteiger partial charge in [0.15, 0.2) is 0 Å². The summed E-state index contributed by atoms with van der Waals surface area (Å²) >= 11 is 0. The molecule has 0 spiro atoms. The Morgan fingerprint density at radius 1 is 0.840 bits per heavy atom. The molecule has 4 N–H and O–H groups in total. The van der Waals surface area contributed by atoms with Crippen molar-refractivity contribution < 1.29 is 0 Å². The second-order valence-electron chi connectivity index (χ2n) is 7.79. The van der Waals surface area contributed by atoms with Crippen LogP contribution in [0.25, 0.3) is 0 Å². The third kappa shape index (κ3) is 5.01. The summed E-state index contributed by atoms with van der Waals surface area (Å²) < 4.78 is 0. The highest BCUT2D eigenvalue weighted by atomic mass is 14.6. The van der Waals surface area contributed by atoms with Gasteiger partial charge in [0.25, 0.3) is 0 Å². The molecular weight excluding hydrogens is 304 g/mol. The second-order valence-corrected chi connectivity index (χ2v) is 7.79. The minimum atomic E-state index is 0.742. The van der Waals surface area contributed by atoms with Crippen LogP contribution in [0.5, 0.6) is 0 Å². The zero-order valence-corrected chi connectivity index (χ0v) is 15.5. The molecule has 0 radical (unpaired) electrons. The first-order chi connectivity index (χ1) is 12.1. The standard InChI is InChI=1S/C23H32N2/c1-2-3-4-17-5-9-20(10-6-17)21-11-7-18(8-12-21)13-19-14-22(24)16-23(25)15-19/h7-8,11-12,14-17,20H,2-6,9-10,13,24-25H2,1H3. The average Bonchev–Trinajstić information content (AvgIpc) is 2.60. The molecule has 0 aliphatic heterocycles. The summed E-state index contributed by atoms with van der Waals surface area (Å²) in [6.45, 7) is 2.30. The van der Waals surface area contributed by atoms with Crippen LogP contribution in [0.15, 0.2) is 42.5 Å². The van der Waals surface area contributed by atoms with Gasteiger partial charge in [0.05, 0.1) is 0 Å². The van der Waals surface area contributed by atoms with Gasteiger partial charge < -0.3 is 11.5 Å². The Kier molecular flexibility index (Phi) is 6.01. The molecule has 2 aromatic carbocycles. The summed E-state index contributed by atoms with van der Waals surface area (Å²) in [5.74, 6) is 1.74. The average molecular weight is 337 g/mol. The van der Waals surface area contributed by atoms with Crippen LogP contribution in [0.3, 0.4) is 0 Å². The minimum Gasteiger partial charge on any atom is -0.399 e. The van der Waals surface area contributed by atoms with E-state index >= 15 is 0 Å². The number of hydrogen-bond acceptors (Lipinski definition) is 2. The van der Waals surface area contributed by atoms with E-state index in [0.29, 0.717) is 0 Å². The number of nitrogen functional groups attached to an aromatic ring is 2. The predicted octanol–water partition coefficient (Wildman–Crippen LogP) is 5.91. The number of rotatable bonds is 6. The highest BCUT2D eigenvalue weighted by Crippen LogP contribution is 2.37. The number of unbranched alkanes of at least 4 members (excludes halogenated alkanes) is 1. The van der Waals surface area contributed by atoms with Gasteiger partial charge in [-0.25, -0.2) is 0 Å². The van der Waals surface area contributed by atoms with Crippen LogP contribution < -0.4 is 11.5 Å². The second kappa shape index (κ2) is 8.42. The summed E-state index contributed by atoms with van der Waals surface area (Å²) in [6, 6.07) is 15.1. The van der Waals surface area contributed by atoms with Crippen molar-refractivity contribution in [2.75, 3.05) is 11.5 Å². The molecule has 0 bridgehead atoms. The van der Waals surface area contributed by atoms with Gasteiger partial charge in [-0.05, 0) is 78.8 Å². The number of nitrogens with two attached hydrogens (primary N) is 2. The number of benzene rings is 2. The lowest BCUT2D eigenvalue weighted by Crippen LogP contribution is -2.13. The molecule has 0 saturated heterocycles. The van der Waals surface area contributed by atoms with Crippen molar-refractivity contribution in [2.45, 2.75) is 64.2 Å². The molecule has 1 aliphatic carbocycles. The largest absolute Gasteiger partial charge is 0.399 e. The Balaban J connectivity index is 1.57. The molecular formula is C23H32N2. The van der Waals surface area contributed by atoms with Crippen LogP contribution in [0, 0.1) is 5.92 Å². The summed E-state index contributed by atoms with van der Waals surface area (Å²) in [4.78, 5) is 0. The van der Waals surface area contributed by atoms with Gasteiger partial charge in [0, 0.05) is 11.4 Å². The predicted molar refractivity (Wildman–Crippen MR) is 109 cm³/mol. The van der Waals surface area contributed by atoms with Crippen LogP contribution in [0.4, 0.5) is 11.4 Å². The van der Waals surface area contributed by atoms with Gasteiger partial charge >= 0.3 is 0 Å². The van der Waals surface area contributed by atoms with E-state index in [1.807, 2.05) is 18.2 Å². The minimum absolute atomic E-state index is 0.742. The van der Waals surface area contributed by atoms with E-state index in [1.54, 1.807) is 0 Å². The highest BCUT2D eigenvalue weighted by Gasteiger charge is 2.21. The van der Waals surface area contributed by atoms with Gasteiger partial charge in [-0.15, -0.1) is 0 Å². The first kappa shape index (κ1) is 17.8. The smallest absolute Gasteiger partial charge is 0.0337 e. The first-order valence-corrected chi connectivity index (χ1v) is 9.87. The third-order valence-electron chi connectivity index (χ3n) is 5.71. The molecule has 0 amide bonds. The fourth-order valence-electron chi connectivity index (χ4n) is 4.27. The van der Waals surface area contributed by atoms with Crippen molar-refractivity contribution in [1.82, 2.24) is 0 Å². The molecule has 1 fully saturated rings. The van der Waals surface area contributed by atoms with Crippen molar-refractivity contribution in [1.29, 1.82) is 0 Å². The Labute approximate surface area is 152 Å². The van der Waals surface area contributed by atoms with Crippen LogP contribution in [-0.2, 0) is 6.42 Å². The van der Waals surface area contributed by atoms with Gasteiger partial charge in [0.2, 0.25) is 0 Å². The molecule has 2 aromatic rings. The fourth-order valence-corrected chi connectivity index (χ4v) is 4.27. The molecule has 1 saturated carbocycles. The van der Waals surface area contributed by atoms with Crippen LogP contribution in [0.1, 0.15) is 74.5 Å². The van der Waals surface area contributed by atoms with Gasteiger partial charge in [0.1, 0.15) is 0 Å². The summed E-state index contributed by atoms with van der Waals surface area (Å²) in [5.41, 5.74) is 17.3. The van der Waals surface area contributed by atoms with Crippen molar-refractivity contribution in [2.24, 2.45) is 5.92 Å². The van der Waals surface area contributed by atoms with E-state index in [0.717, 1.165) is 29.6 Å². The Morgan fingerprint density at radius 3 is 2.08 bits per heavy atom. The summed E-state index contributed by atoms with van der Waals surface area (Å²) in [7, 11) is 0. The molecule has 0 unspecified atom stereocenters. The van der Waals surface area contributed by atoms with E-state index in [2.05, 4.69) is 31.2 Å². The van der Waals surface area contributed by atoms with E-state index in [9.17, 15) is 0 Å². The van der Waals surface area contributed by atoms with Crippen molar-refractivity contribution in [3.05, 3.63) is 59.2 Å². The fraction of sp³-hybridized carbons (Fsp3) is 0.478. The first-order valence-electron chi connectivity index (χ1n) is 9.87. The number of anilines is 2. The maximum Gasteiger partial charge on any atom is 0.0337 e.